The third kappa shape index (κ3) is 12.3. The minimum absolute atomic E-state index is 0.0163. The monoisotopic (exact) mass is 294 g/mol. The summed E-state index contributed by atoms with van der Waals surface area (Å²) < 4.78 is 4.87. The molecule has 1 unspecified atom stereocenters. The molecule has 0 spiro atoms. The molecule has 0 saturated carbocycles. The van der Waals surface area contributed by atoms with E-state index < -0.39 is 0 Å². The molecule has 0 N–H and O–H groups in total. The van der Waals surface area contributed by atoms with Crippen molar-refractivity contribution in [3.63, 3.8) is 0 Å². The molecule has 98 valence electrons. The number of carbonyl (C=O) groups excluding carboxylic acids is 1. The highest BCUT2D eigenvalue weighted by Gasteiger charge is 2.05. The van der Waals surface area contributed by atoms with E-state index in [1.807, 2.05) is 6.92 Å². The largest absolute Gasteiger partial charge is 0.460 e. The number of esters is 1. The Bertz CT molecular complexity index is 223. The molecule has 0 aromatic heterocycles. The van der Waals surface area contributed by atoms with E-state index in [1.54, 1.807) is 0 Å². The predicted octanol–water partition coefficient (Wildman–Crippen LogP) is 3.94. The van der Waals surface area contributed by atoms with Crippen LogP contribution in [-0.2, 0) is 9.53 Å². The van der Waals surface area contributed by atoms with Crippen LogP contribution in [0, 0.1) is 0 Å². The first-order valence-corrected chi connectivity index (χ1v) is 8.06. The Labute approximate surface area is 117 Å². The number of hydrogen-bond donors (Lipinski definition) is 0. The van der Waals surface area contributed by atoms with Crippen LogP contribution in [0.15, 0.2) is 12.7 Å². The van der Waals surface area contributed by atoms with Crippen LogP contribution in [-0.4, -0.2) is 26.1 Å². The standard InChI is InChI=1S/C12H20Cl2O2Si/c1-3-11(15)16-10(2)8-6-4-5-7-9-17-12(13)14/h3,10,12H,1,4-9H2,2H3. The molecule has 0 aliphatic rings. The van der Waals surface area contributed by atoms with E-state index in [0.29, 0.717) is 9.52 Å². The zero-order valence-electron chi connectivity index (χ0n) is 10.3. The summed E-state index contributed by atoms with van der Waals surface area (Å²) in [5.74, 6) is -0.339. The summed E-state index contributed by atoms with van der Waals surface area (Å²) in [5, 5.41) is 0. The quantitative estimate of drug-likeness (QED) is 0.201. The number of alkyl halides is 2. The van der Waals surface area contributed by atoms with Crippen molar-refractivity contribution in [2.45, 2.75) is 55.6 Å². The Hall–Kier alpha value is 0.00688. The molecule has 0 fully saturated rings. The van der Waals surface area contributed by atoms with Gasteiger partial charge in [-0.05, 0) is 19.8 Å². The van der Waals surface area contributed by atoms with Crippen molar-refractivity contribution in [2.24, 2.45) is 0 Å². The van der Waals surface area contributed by atoms with E-state index in [4.69, 9.17) is 27.9 Å². The van der Waals surface area contributed by atoms with Gasteiger partial charge in [0.05, 0.1) is 20.1 Å². The molecule has 0 aromatic carbocycles. The van der Waals surface area contributed by atoms with Crippen molar-refractivity contribution in [3.05, 3.63) is 12.7 Å². The van der Waals surface area contributed by atoms with Crippen LogP contribution in [0.5, 0.6) is 0 Å². The zero-order chi connectivity index (χ0) is 13.1. The fraction of sp³-hybridized carbons (Fsp3) is 0.750. The summed E-state index contributed by atoms with van der Waals surface area (Å²) in [5.41, 5.74) is 0. The van der Waals surface area contributed by atoms with Gasteiger partial charge < -0.3 is 4.74 Å². The molecule has 0 aromatic rings. The zero-order valence-corrected chi connectivity index (χ0v) is 12.8. The van der Waals surface area contributed by atoms with Gasteiger partial charge >= 0.3 is 5.97 Å². The Balaban J connectivity index is 3.27. The normalized spacial score (nSPS) is 12.5. The van der Waals surface area contributed by atoms with Crippen LogP contribution < -0.4 is 0 Å². The summed E-state index contributed by atoms with van der Waals surface area (Å²) >= 11 is 11.3. The molecule has 17 heavy (non-hydrogen) atoms. The second-order valence-corrected chi connectivity index (χ2v) is 7.22. The second kappa shape index (κ2) is 11.1. The van der Waals surface area contributed by atoms with Crippen LogP contribution in [0.2, 0.25) is 6.04 Å². The van der Waals surface area contributed by atoms with Crippen LogP contribution in [0.4, 0.5) is 0 Å². The maximum atomic E-state index is 10.9. The Morgan fingerprint density at radius 1 is 1.35 bits per heavy atom. The summed E-state index contributed by atoms with van der Waals surface area (Å²) in [6.07, 6.45) is 6.71. The minimum Gasteiger partial charge on any atom is -0.460 e. The Kier molecular flexibility index (Phi) is 11.1. The lowest BCUT2D eigenvalue weighted by Crippen LogP contribution is -2.12. The van der Waals surface area contributed by atoms with E-state index >= 15 is 0 Å². The van der Waals surface area contributed by atoms with Gasteiger partial charge in [-0.2, -0.15) is 0 Å². The number of halogens is 2. The lowest BCUT2D eigenvalue weighted by atomic mass is 10.1. The molecular formula is C12H20Cl2O2Si. The van der Waals surface area contributed by atoms with Crippen molar-refractivity contribution >= 4 is 38.7 Å². The van der Waals surface area contributed by atoms with Crippen LogP contribution in [0.3, 0.4) is 0 Å². The molecule has 0 heterocycles. The fourth-order valence-electron chi connectivity index (χ4n) is 1.43. The van der Waals surface area contributed by atoms with Crippen molar-refractivity contribution in [2.75, 3.05) is 0 Å². The molecule has 1 atom stereocenters. The lowest BCUT2D eigenvalue weighted by Gasteiger charge is -2.11. The van der Waals surface area contributed by atoms with E-state index in [-0.39, 0.29) is 16.5 Å². The van der Waals surface area contributed by atoms with Gasteiger partial charge in [-0.15, -0.1) is 23.2 Å². The average Bonchev–Trinajstić information content (AvgIpc) is 2.27. The average molecular weight is 295 g/mol. The highest BCUT2D eigenvalue weighted by Crippen LogP contribution is 2.11. The number of ether oxygens (including phenoxy) is 1. The summed E-state index contributed by atoms with van der Waals surface area (Å²) in [7, 11) is 0.643. The molecular weight excluding hydrogens is 275 g/mol. The van der Waals surface area contributed by atoms with E-state index in [0.717, 1.165) is 25.3 Å². The molecule has 2 radical (unpaired) electrons. The molecule has 0 aliphatic carbocycles. The van der Waals surface area contributed by atoms with Crippen LogP contribution in [0.1, 0.15) is 39.0 Å². The molecule has 0 saturated heterocycles. The van der Waals surface area contributed by atoms with Gasteiger partial charge in [0, 0.05) is 6.08 Å². The van der Waals surface area contributed by atoms with Crippen molar-refractivity contribution in [1.82, 2.24) is 0 Å². The van der Waals surface area contributed by atoms with E-state index in [1.165, 1.54) is 18.9 Å². The predicted molar refractivity (Wildman–Crippen MR) is 74.9 cm³/mol. The second-order valence-electron chi connectivity index (χ2n) is 3.91. The first-order chi connectivity index (χ1) is 8.06. The van der Waals surface area contributed by atoms with Gasteiger partial charge in [0.25, 0.3) is 0 Å². The molecule has 0 amide bonds. The third-order valence-electron chi connectivity index (χ3n) is 2.32. The van der Waals surface area contributed by atoms with Gasteiger partial charge in [0.1, 0.15) is 0 Å². The molecule has 2 nitrogen and oxygen atoms in total. The summed E-state index contributed by atoms with van der Waals surface area (Å²) in [4.78, 5) is 10.9. The first kappa shape index (κ1) is 17.0. The first-order valence-electron chi connectivity index (χ1n) is 5.91. The maximum Gasteiger partial charge on any atom is 0.330 e. The van der Waals surface area contributed by atoms with E-state index in [2.05, 4.69) is 6.58 Å². The molecule has 0 rings (SSSR count). The van der Waals surface area contributed by atoms with E-state index in [9.17, 15) is 4.79 Å². The summed E-state index contributed by atoms with van der Waals surface area (Å²) in [6, 6.07) is 1.11. The van der Waals surface area contributed by atoms with Gasteiger partial charge in [0.2, 0.25) is 0 Å². The van der Waals surface area contributed by atoms with Crippen molar-refractivity contribution in [3.8, 4) is 0 Å². The SMILES string of the molecule is C=CC(=O)OC(C)CCCCCC[Si]C(Cl)Cl. The fourth-order valence-corrected chi connectivity index (χ4v) is 2.75. The van der Waals surface area contributed by atoms with Gasteiger partial charge in [-0.3, -0.25) is 0 Å². The Morgan fingerprint density at radius 3 is 2.59 bits per heavy atom. The Morgan fingerprint density at radius 2 is 2.00 bits per heavy atom. The summed E-state index contributed by atoms with van der Waals surface area (Å²) in [6.45, 7) is 5.27. The molecule has 0 aliphatic heterocycles. The van der Waals surface area contributed by atoms with Crippen molar-refractivity contribution in [1.29, 1.82) is 0 Å². The highest BCUT2D eigenvalue weighted by molar-refractivity contribution is 6.68. The van der Waals surface area contributed by atoms with Gasteiger partial charge in [-0.25, -0.2) is 4.79 Å². The van der Waals surface area contributed by atoms with Gasteiger partial charge in [0.15, 0.2) is 0 Å². The molecule has 0 bridgehead atoms. The van der Waals surface area contributed by atoms with Gasteiger partial charge in [-0.1, -0.05) is 31.9 Å². The number of hydrogen-bond acceptors (Lipinski definition) is 2. The minimum atomic E-state index is -0.339. The van der Waals surface area contributed by atoms with Crippen molar-refractivity contribution < 1.29 is 9.53 Å². The van der Waals surface area contributed by atoms with Crippen LogP contribution >= 0.6 is 23.2 Å². The van der Waals surface area contributed by atoms with Crippen LogP contribution in [0.25, 0.3) is 0 Å². The number of unbranched alkanes of at least 4 members (excludes halogenated alkanes) is 3. The highest BCUT2D eigenvalue weighted by atomic mass is 35.5. The number of carbonyl (C=O) groups is 1. The lowest BCUT2D eigenvalue weighted by molar-refractivity contribution is -0.142. The maximum absolute atomic E-state index is 10.9. The molecule has 5 heteroatoms. The number of rotatable bonds is 10. The smallest absolute Gasteiger partial charge is 0.330 e. The topological polar surface area (TPSA) is 26.3 Å². The third-order valence-corrected chi connectivity index (χ3v) is 4.20.